The summed E-state index contributed by atoms with van der Waals surface area (Å²) in [5, 5.41) is 5.78. The lowest BCUT2D eigenvalue weighted by atomic mass is 9.83. The number of methoxy groups -OCH3 is 1. The van der Waals surface area contributed by atoms with Gasteiger partial charge in [0.1, 0.15) is 24.1 Å². The molecule has 4 aromatic carbocycles. The molecular formula is C38H40N2O6. The Morgan fingerprint density at radius 2 is 1.39 bits per heavy atom. The number of benzene rings is 4. The Hall–Kier alpha value is -5.11. The quantitative estimate of drug-likeness (QED) is 0.159. The third kappa shape index (κ3) is 9.20. The van der Waals surface area contributed by atoms with Crippen molar-refractivity contribution in [2.75, 3.05) is 19.0 Å². The second-order valence-electron chi connectivity index (χ2n) is 11.5. The van der Waals surface area contributed by atoms with Crippen molar-refractivity contribution in [2.24, 2.45) is 0 Å². The van der Waals surface area contributed by atoms with Crippen LogP contribution in [-0.4, -0.2) is 37.5 Å². The first kappa shape index (κ1) is 32.3. The summed E-state index contributed by atoms with van der Waals surface area (Å²) in [4.78, 5) is 38.3. The van der Waals surface area contributed by atoms with E-state index in [9.17, 15) is 14.4 Å². The molecule has 0 saturated heterocycles. The fourth-order valence-corrected chi connectivity index (χ4v) is 5.69. The molecule has 1 fully saturated rings. The topological polar surface area (TPSA) is 103 Å². The van der Waals surface area contributed by atoms with E-state index in [0.717, 1.165) is 29.7 Å². The van der Waals surface area contributed by atoms with Gasteiger partial charge in [-0.3, -0.25) is 9.59 Å². The van der Waals surface area contributed by atoms with Crippen LogP contribution in [0.2, 0.25) is 0 Å². The van der Waals surface area contributed by atoms with Crippen LogP contribution in [0.25, 0.3) is 0 Å². The highest BCUT2D eigenvalue weighted by Crippen LogP contribution is 2.36. The molecule has 8 nitrogen and oxygen atoms in total. The smallest absolute Gasteiger partial charge is 0.328 e. The molecule has 0 bridgehead atoms. The van der Waals surface area contributed by atoms with Crippen molar-refractivity contribution < 1.29 is 28.6 Å². The average molecular weight is 621 g/mol. The van der Waals surface area contributed by atoms with Crippen molar-refractivity contribution >= 4 is 23.5 Å². The average Bonchev–Trinajstić information content (AvgIpc) is 3.11. The normalized spacial score (nSPS) is 13.7. The molecule has 1 saturated carbocycles. The molecule has 238 valence electrons. The van der Waals surface area contributed by atoms with Crippen molar-refractivity contribution in [1.29, 1.82) is 0 Å². The van der Waals surface area contributed by atoms with Crippen LogP contribution in [0.4, 0.5) is 5.69 Å². The predicted molar refractivity (Wildman–Crippen MR) is 177 cm³/mol. The maximum Gasteiger partial charge on any atom is 0.328 e. The van der Waals surface area contributed by atoms with Gasteiger partial charge in [-0.1, -0.05) is 79.9 Å². The van der Waals surface area contributed by atoms with Gasteiger partial charge in [0, 0.05) is 17.7 Å². The molecule has 0 radical (unpaired) electrons. The number of rotatable bonds is 13. The first-order valence-electron chi connectivity index (χ1n) is 15.7. The Balaban J connectivity index is 1.12. The monoisotopic (exact) mass is 620 g/mol. The van der Waals surface area contributed by atoms with Crippen LogP contribution in [0.15, 0.2) is 103 Å². The van der Waals surface area contributed by atoms with Gasteiger partial charge in [0.25, 0.3) is 11.8 Å². The summed E-state index contributed by atoms with van der Waals surface area (Å²) in [6, 6.07) is 30.8. The van der Waals surface area contributed by atoms with Crippen molar-refractivity contribution in [1.82, 2.24) is 5.32 Å². The minimum atomic E-state index is -0.885. The van der Waals surface area contributed by atoms with E-state index < -0.39 is 17.9 Å². The van der Waals surface area contributed by atoms with Crippen LogP contribution in [-0.2, 0) is 27.4 Å². The summed E-state index contributed by atoms with van der Waals surface area (Å²) >= 11 is 0. The summed E-state index contributed by atoms with van der Waals surface area (Å²) in [6.45, 7) is 0.290. The van der Waals surface area contributed by atoms with Crippen LogP contribution in [0, 0.1) is 0 Å². The second kappa shape index (κ2) is 16.3. The van der Waals surface area contributed by atoms with Crippen LogP contribution < -0.4 is 20.1 Å². The zero-order chi connectivity index (χ0) is 32.1. The molecule has 0 aliphatic heterocycles. The van der Waals surface area contributed by atoms with E-state index in [0.29, 0.717) is 29.6 Å². The van der Waals surface area contributed by atoms with Crippen LogP contribution in [0.3, 0.4) is 0 Å². The molecule has 1 aliphatic rings. The molecule has 2 amide bonds. The van der Waals surface area contributed by atoms with Crippen molar-refractivity contribution in [3.63, 3.8) is 0 Å². The number of anilines is 1. The lowest BCUT2D eigenvalue weighted by Crippen LogP contribution is -2.43. The highest BCUT2D eigenvalue weighted by molar-refractivity contribution is 5.97. The summed E-state index contributed by atoms with van der Waals surface area (Å²) in [5.41, 5.74) is 4.27. The maximum atomic E-state index is 13.0. The number of para-hydroxylation sites is 1. The fourth-order valence-electron chi connectivity index (χ4n) is 5.69. The zero-order valence-corrected chi connectivity index (χ0v) is 26.1. The number of hydrogen-bond donors (Lipinski definition) is 2. The first-order chi connectivity index (χ1) is 22.5. The highest BCUT2D eigenvalue weighted by Gasteiger charge is 2.23. The maximum absolute atomic E-state index is 13.0. The lowest BCUT2D eigenvalue weighted by Gasteiger charge is -2.24. The van der Waals surface area contributed by atoms with E-state index in [1.807, 2.05) is 72.8 Å². The van der Waals surface area contributed by atoms with E-state index in [2.05, 4.69) is 16.7 Å². The number of ether oxygens (including phenoxy) is 3. The number of amides is 2. The molecule has 1 unspecified atom stereocenters. The predicted octanol–water partition coefficient (Wildman–Crippen LogP) is 6.84. The zero-order valence-electron chi connectivity index (χ0n) is 26.1. The number of carbonyl (C=O) groups excluding carboxylic acids is 3. The first-order valence-corrected chi connectivity index (χ1v) is 15.7. The SMILES string of the molecule is COC(=O)C(Cc1ccc(OCc2ccccc2)cc1)NC(=O)c1ccc(OCC(=O)Nc2ccccc2C2CCCCC2)cc1. The largest absolute Gasteiger partial charge is 0.489 e. The van der Waals surface area contributed by atoms with Crippen molar-refractivity contribution in [2.45, 2.75) is 57.1 Å². The number of carbonyl (C=O) groups is 3. The Morgan fingerprint density at radius 3 is 2.11 bits per heavy atom. The third-order valence-electron chi connectivity index (χ3n) is 8.17. The molecule has 1 atom stereocenters. The van der Waals surface area contributed by atoms with Crippen molar-refractivity contribution in [3.05, 3.63) is 125 Å². The highest BCUT2D eigenvalue weighted by atomic mass is 16.5. The molecule has 0 spiro atoms. The Bertz CT molecular complexity index is 1580. The number of esters is 1. The molecule has 46 heavy (non-hydrogen) atoms. The molecule has 0 aromatic heterocycles. The molecule has 2 N–H and O–H groups in total. The minimum absolute atomic E-state index is 0.162. The van der Waals surface area contributed by atoms with Gasteiger partial charge < -0.3 is 24.8 Å². The molecule has 5 rings (SSSR count). The molecule has 0 heterocycles. The second-order valence-corrected chi connectivity index (χ2v) is 11.5. The van der Waals surface area contributed by atoms with Gasteiger partial charge >= 0.3 is 5.97 Å². The standard InChI is InChI=1S/C38H40N2O6/c1-44-38(43)35(24-27-16-20-31(21-17-27)45-25-28-10-4-2-5-11-28)40-37(42)30-18-22-32(23-19-30)46-26-36(41)39-34-15-9-8-14-33(34)29-12-6-3-7-13-29/h2,4-5,8-11,14-23,29,35H,3,6-7,12-13,24-26H2,1H3,(H,39,41)(H,40,42). The molecule has 1 aliphatic carbocycles. The van der Waals surface area contributed by atoms with E-state index in [-0.39, 0.29) is 18.9 Å². The number of hydrogen-bond acceptors (Lipinski definition) is 6. The third-order valence-corrected chi connectivity index (χ3v) is 8.17. The minimum Gasteiger partial charge on any atom is -0.489 e. The molecular weight excluding hydrogens is 580 g/mol. The van der Waals surface area contributed by atoms with Gasteiger partial charge in [0.15, 0.2) is 6.61 Å². The van der Waals surface area contributed by atoms with Gasteiger partial charge in [0.2, 0.25) is 0 Å². The van der Waals surface area contributed by atoms with Gasteiger partial charge in [0.05, 0.1) is 7.11 Å². The fraction of sp³-hybridized carbons (Fsp3) is 0.289. The summed E-state index contributed by atoms with van der Waals surface area (Å²) in [6.07, 6.45) is 6.23. The lowest BCUT2D eigenvalue weighted by molar-refractivity contribution is -0.142. The van der Waals surface area contributed by atoms with E-state index in [1.165, 1.54) is 31.9 Å². The number of nitrogens with one attached hydrogen (secondary N) is 2. The summed E-state index contributed by atoms with van der Waals surface area (Å²) in [5.74, 6) is 0.396. The summed E-state index contributed by atoms with van der Waals surface area (Å²) in [7, 11) is 1.29. The molecule has 8 heteroatoms. The van der Waals surface area contributed by atoms with Crippen LogP contribution >= 0.6 is 0 Å². The molecule has 4 aromatic rings. The van der Waals surface area contributed by atoms with Gasteiger partial charge in [-0.15, -0.1) is 0 Å². The van der Waals surface area contributed by atoms with Crippen LogP contribution in [0.1, 0.15) is 65.1 Å². The Morgan fingerprint density at radius 1 is 0.739 bits per heavy atom. The van der Waals surface area contributed by atoms with Gasteiger partial charge in [-0.25, -0.2) is 4.79 Å². The van der Waals surface area contributed by atoms with Gasteiger partial charge in [-0.05, 0) is 77.9 Å². The van der Waals surface area contributed by atoms with E-state index >= 15 is 0 Å². The van der Waals surface area contributed by atoms with E-state index in [4.69, 9.17) is 14.2 Å². The Labute approximate surface area is 270 Å². The van der Waals surface area contributed by atoms with Crippen LogP contribution in [0.5, 0.6) is 11.5 Å². The van der Waals surface area contributed by atoms with E-state index in [1.54, 1.807) is 24.3 Å². The Kier molecular flexibility index (Phi) is 11.4. The van der Waals surface area contributed by atoms with Crippen molar-refractivity contribution in [3.8, 4) is 11.5 Å². The van der Waals surface area contributed by atoms with Gasteiger partial charge in [-0.2, -0.15) is 0 Å². The summed E-state index contributed by atoms with van der Waals surface area (Å²) < 4.78 is 16.5.